The molecule has 0 bridgehead atoms. The first kappa shape index (κ1) is 13.4. The molecule has 0 aliphatic carbocycles. The average Bonchev–Trinajstić information content (AvgIpc) is 2.65. The van der Waals surface area contributed by atoms with Crippen LogP contribution in [0.25, 0.3) is 16.9 Å². The Kier molecular flexibility index (Phi) is 3.18. The molecule has 0 radical (unpaired) electrons. The standard InChI is InChI=1S/C13H8BrF2N3S/c1-6-2-3-10-12(17-6)19(13(20)18-10)11-8(15)4-7(14)5-9(11)16/h2-5H,1H3,(H,18,20). The second kappa shape index (κ2) is 4.75. The second-order valence-electron chi connectivity index (χ2n) is 4.31. The number of nitrogens with zero attached hydrogens (tertiary/aromatic N) is 2. The normalized spacial score (nSPS) is 11.2. The number of fused-ring (bicyclic) bond motifs is 1. The molecule has 7 heteroatoms. The first-order chi connectivity index (χ1) is 9.47. The van der Waals surface area contributed by atoms with Gasteiger partial charge in [-0.1, -0.05) is 15.9 Å². The van der Waals surface area contributed by atoms with Gasteiger partial charge in [0, 0.05) is 10.2 Å². The Labute approximate surface area is 126 Å². The molecule has 0 atom stereocenters. The quantitative estimate of drug-likeness (QED) is 0.655. The predicted octanol–water partition coefficient (Wildman–Crippen LogP) is 4.43. The Hall–Kier alpha value is -1.60. The molecule has 1 N–H and O–H groups in total. The van der Waals surface area contributed by atoms with Gasteiger partial charge in [0.1, 0.15) is 5.69 Å². The highest BCUT2D eigenvalue weighted by Gasteiger charge is 2.17. The zero-order valence-corrected chi connectivity index (χ0v) is 12.6. The van der Waals surface area contributed by atoms with E-state index in [1.165, 1.54) is 16.7 Å². The maximum absolute atomic E-state index is 14.1. The van der Waals surface area contributed by atoms with Crippen LogP contribution in [0.15, 0.2) is 28.7 Å². The molecule has 0 saturated carbocycles. The van der Waals surface area contributed by atoms with Crippen molar-refractivity contribution in [1.29, 1.82) is 0 Å². The molecule has 0 aliphatic heterocycles. The topological polar surface area (TPSA) is 33.6 Å². The fourth-order valence-electron chi connectivity index (χ4n) is 2.03. The van der Waals surface area contributed by atoms with Gasteiger partial charge in [-0.15, -0.1) is 0 Å². The van der Waals surface area contributed by atoms with Crippen LogP contribution in [0.1, 0.15) is 5.69 Å². The van der Waals surface area contributed by atoms with Crippen molar-refractivity contribution in [2.45, 2.75) is 6.92 Å². The number of hydrogen-bond acceptors (Lipinski definition) is 2. The lowest BCUT2D eigenvalue weighted by Crippen LogP contribution is -2.03. The summed E-state index contributed by atoms with van der Waals surface area (Å²) < 4.78 is 30.0. The largest absolute Gasteiger partial charge is 0.329 e. The van der Waals surface area contributed by atoms with E-state index in [4.69, 9.17) is 12.2 Å². The van der Waals surface area contributed by atoms with E-state index in [1.54, 1.807) is 19.1 Å². The molecule has 0 aliphatic rings. The molecular weight excluding hydrogens is 348 g/mol. The van der Waals surface area contributed by atoms with E-state index >= 15 is 0 Å². The van der Waals surface area contributed by atoms with Crippen LogP contribution in [0.5, 0.6) is 0 Å². The van der Waals surface area contributed by atoms with Crippen molar-refractivity contribution in [3.8, 4) is 5.69 Å². The first-order valence-electron chi connectivity index (χ1n) is 5.70. The highest BCUT2D eigenvalue weighted by molar-refractivity contribution is 9.10. The molecule has 3 aromatic rings. The number of nitrogens with one attached hydrogen (secondary N) is 1. The molecule has 1 aromatic carbocycles. The Morgan fingerprint density at radius 2 is 1.90 bits per heavy atom. The van der Waals surface area contributed by atoms with Gasteiger partial charge in [-0.05, 0) is 43.4 Å². The van der Waals surface area contributed by atoms with Crippen LogP contribution < -0.4 is 0 Å². The first-order valence-corrected chi connectivity index (χ1v) is 6.91. The Balaban J connectivity index is 2.44. The number of aromatic amines is 1. The van der Waals surface area contributed by atoms with E-state index in [-0.39, 0.29) is 10.5 Å². The third kappa shape index (κ3) is 2.06. The highest BCUT2D eigenvalue weighted by atomic mass is 79.9. The zero-order chi connectivity index (χ0) is 14.4. The number of aromatic nitrogens is 3. The molecule has 0 fully saturated rings. The summed E-state index contributed by atoms with van der Waals surface area (Å²) in [5.41, 5.74) is 1.53. The van der Waals surface area contributed by atoms with E-state index in [0.717, 1.165) is 5.69 Å². The van der Waals surface area contributed by atoms with Gasteiger partial charge in [-0.2, -0.15) is 0 Å². The summed E-state index contributed by atoms with van der Waals surface area (Å²) in [4.78, 5) is 7.19. The third-order valence-corrected chi connectivity index (χ3v) is 3.62. The molecule has 0 unspecified atom stereocenters. The summed E-state index contributed by atoms with van der Waals surface area (Å²) in [6.07, 6.45) is 0. The van der Waals surface area contributed by atoms with Gasteiger partial charge in [0.25, 0.3) is 0 Å². The lowest BCUT2D eigenvalue weighted by atomic mass is 10.3. The Morgan fingerprint density at radius 1 is 1.25 bits per heavy atom. The molecule has 102 valence electrons. The van der Waals surface area contributed by atoms with Crippen molar-refractivity contribution in [3.63, 3.8) is 0 Å². The summed E-state index contributed by atoms with van der Waals surface area (Å²) >= 11 is 8.20. The number of hydrogen-bond donors (Lipinski definition) is 1. The molecule has 0 spiro atoms. The van der Waals surface area contributed by atoms with E-state index in [1.807, 2.05) is 0 Å². The van der Waals surface area contributed by atoms with Crippen molar-refractivity contribution in [1.82, 2.24) is 14.5 Å². The number of aryl methyl sites for hydroxylation is 1. The Morgan fingerprint density at radius 3 is 2.55 bits per heavy atom. The van der Waals surface area contributed by atoms with Crippen LogP contribution in [-0.4, -0.2) is 14.5 Å². The highest BCUT2D eigenvalue weighted by Crippen LogP contribution is 2.26. The van der Waals surface area contributed by atoms with Gasteiger partial charge in [0.2, 0.25) is 0 Å². The number of imidazole rings is 1. The van der Waals surface area contributed by atoms with Gasteiger partial charge in [-0.25, -0.2) is 13.8 Å². The fourth-order valence-corrected chi connectivity index (χ4v) is 2.72. The monoisotopic (exact) mass is 355 g/mol. The van der Waals surface area contributed by atoms with E-state index in [0.29, 0.717) is 15.6 Å². The van der Waals surface area contributed by atoms with Crippen LogP contribution in [0.4, 0.5) is 8.78 Å². The number of pyridine rings is 1. The lowest BCUT2D eigenvalue weighted by Gasteiger charge is -2.08. The molecule has 3 nitrogen and oxygen atoms in total. The van der Waals surface area contributed by atoms with Crippen LogP contribution in [0.3, 0.4) is 0 Å². The fraction of sp³-hybridized carbons (Fsp3) is 0.0769. The minimum absolute atomic E-state index is 0.193. The number of H-pyrrole nitrogens is 1. The van der Waals surface area contributed by atoms with E-state index < -0.39 is 11.6 Å². The van der Waals surface area contributed by atoms with Gasteiger partial charge < -0.3 is 4.98 Å². The minimum Gasteiger partial charge on any atom is -0.329 e. The van der Waals surface area contributed by atoms with Gasteiger partial charge in [0.05, 0.1) is 5.52 Å². The molecule has 2 heterocycles. The molecule has 0 saturated heterocycles. The molecule has 3 rings (SSSR count). The molecule has 20 heavy (non-hydrogen) atoms. The summed E-state index contributed by atoms with van der Waals surface area (Å²) in [7, 11) is 0. The van der Waals surface area contributed by atoms with Crippen molar-refractivity contribution in [2.75, 3.05) is 0 Å². The van der Waals surface area contributed by atoms with Crippen molar-refractivity contribution >= 4 is 39.3 Å². The number of rotatable bonds is 1. The van der Waals surface area contributed by atoms with Gasteiger partial charge in [-0.3, -0.25) is 4.57 Å². The minimum atomic E-state index is -0.711. The average molecular weight is 356 g/mol. The predicted molar refractivity (Wildman–Crippen MR) is 78.6 cm³/mol. The Bertz CT molecular complexity index is 862. The van der Waals surface area contributed by atoms with Crippen LogP contribution in [-0.2, 0) is 0 Å². The smallest absolute Gasteiger partial charge is 0.184 e. The van der Waals surface area contributed by atoms with Crippen LogP contribution in [0.2, 0.25) is 0 Å². The summed E-state index contributed by atoms with van der Waals surface area (Å²) in [5.74, 6) is -1.42. The maximum atomic E-state index is 14.1. The molecular formula is C13H8BrF2N3S. The van der Waals surface area contributed by atoms with E-state index in [9.17, 15) is 8.78 Å². The summed E-state index contributed by atoms with van der Waals surface area (Å²) in [6, 6.07) is 5.95. The number of halogens is 3. The van der Waals surface area contributed by atoms with Crippen molar-refractivity contribution < 1.29 is 8.78 Å². The SMILES string of the molecule is Cc1ccc2[nH]c(=S)n(-c3c(F)cc(Br)cc3F)c2n1. The molecule has 0 amide bonds. The number of benzene rings is 1. The summed E-state index contributed by atoms with van der Waals surface area (Å²) in [6.45, 7) is 1.80. The van der Waals surface area contributed by atoms with E-state index in [2.05, 4.69) is 25.9 Å². The third-order valence-electron chi connectivity index (χ3n) is 2.88. The van der Waals surface area contributed by atoms with Crippen molar-refractivity contribution in [2.24, 2.45) is 0 Å². The molecule has 2 aromatic heterocycles. The van der Waals surface area contributed by atoms with Crippen LogP contribution >= 0.6 is 28.1 Å². The lowest BCUT2D eigenvalue weighted by molar-refractivity contribution is 0.568. The van der Waals surface area contributed by atoms with Gasteiger partial charge in [0.15, 0.2) is 22.1 Å². The van der Waals surface area contributed by atoms with Crippen molar-refractivity contribution in [3.05, 3.63) is 50.8 Å². The second-order valence-corrected chi connectivity index (χ2v) is 5.61. The zero-order valence-electron chi connectivity index (χ0n) is 10.2. The van der Waals surface area contributed by atoms with Crippen LogP contribution in [0, 0.1) is 23.3 Å². The summed E-state index contributed by atoms with van der Waals surface area (Å²) in [5, 5.41) is 0. The van der Waals surface area contributed by atoms with Gasteiger partial charge >= 0.3 is 0 Å². The maximum Gasteiger partial charge on any atom is 0.184 e.